The van der Waals surface area contributed by atoms with E-state index in [-0.39, 0.29) is 30.5 Å². The number of carbonyl (C=O) groups excluding carboxylic acids is 2. The Bertz CT molecular complexity index is 916. The van der Waals surface area contributed by atoms with Gasteiger partial charge < -0.3 is 35.8 Å². The monoisotopic (exact) mass is 490 g/mol. The molecule has 0 aliphatic rings. The van der Waals surface area contributed by atoms with E-state index in [1.165, 1.54) is 12.1 Å². The molecule has 10 nitrogen and oxygen atoms in total. The van der Waals surface area contributed by atoms with Crippen LogP contribution in [0.5, 0.6) is 11.5 Å². The van der Waals surface area contributed by atoms with E-state index in [0.717, 1.165) is 17.5 Å². The van der Waals surface area contributed by atoms with E-state index in [0.29, 0.717) is 19.4 Å². The number of benzene rings is 2. The number of esters is 2. The molecule has 10 heteroatoms. The largest absolute Gasteiger partial charge is 0.508 e. The molecule has 6 N–H and O–H groups in total. The van der Waals surface area contributed by atoms with E-state index in [2.05, 4.69) is 5.32 Å². The van der Waals surface area contributed by atoms with E-state index in [1.807, 2.05) is 13.8 Å². The first-order valence-electron chi connectivity index (χ1n) is 11.3. The van der Waals surface area contributed by atoms with Crippen molar-refractivity contribution in [2.45, 2.75) is 51.6 Å². The number of ether oxygens (including phenoxy) is 2. The molecule has 2 rings (SSSR count). The Hall–Kier alpha value is -3.79. The normalized spacial score (nSPS) is 11.9. The van der Waals surface area contributed by atoms with Gasteiger partial charge in [-0.3, -0.25) is 4.79 Å². The third-order valence-electron chi connectivity index (χ3n) is 4.55. The van der Waals surface area contributed by atoms with E-state index >= 15 is 0 Å². The maximum Gasteiger partial charge on any atom is 0.405 e. The molecule has 0 heterocycles. The molecule has 0 fully saturated rings. The third kappa shape index (κ3) is 12.3. The maximum atomic E-state index is 11.7. The highest BCUT2D eigenvalue weighted by molar-refractivity contribution is 5.81. The highest BCUT2D eigenvalue weighted by atomic mass is 16.5. The van der Waals surface area contributed by atoms with Crippen molar-refractivity contribution in [2.75, 3.05) is 13.2 Å². The SMILES string of the molecule is CCCOC(=O)C(Cc1ccc(O)cc1)NC(=O)O.CCCOC(=O)C(N)Cc1ccc(O)cc1. The van der Waals surface area contributed by atoms with Gasteiger partial charge in [0, 0.05) is 6.42 Å². The average Bonchev–Trinajstić information content (AvgIpc) is 2.83. The number of nitrogens with two attached hydrogens (primary N) is 1. The van der Waals surface area contributed by atoms with Crippen LogP contribution in [0.25, 0.3) is 0 Å². The van der Waals surface area contributed by atoms with Gasteiger partial charge in [-0.2, -0.15) is 0 Å². The predicted molar refractivity (Wildman–Crippen MR) is 129 cm³/mol. The minimum absolute atomic E-state index is 0.111. The van der Waals surface area contributed by atoms with Crippen LogP contribution >= 0.6 is 0 Å². The molecule has 0 aliphatic heterocycles. The van der Waals surface area contributed by atoms with E-state index in [9.17, 15) is 14.4 Å². The smallest absolute Gasteiger partial charge is 0.405 e. The molecule has 2 aromatic carbocycles. The molecule has 0 spiro atoms. The van der Waals surface area contributed by atoms with Gasteiger partial charge in [0.2, 0.25) is 0 Å². The number of phenolic OH excluding ortho intramolecular Hbond substituents is 2. The average molecular weight is 491 g/mol. The van der Waals surface area contributed by atoms with E-state index < -0.39 is 24.1 Å². The Balaban J connectivity index is 0.000000355. The lowest BCUT2D eigenvalue weighted by Crippen LogP contribution is -2.42. The number of amides is 1. The molecule has 35 heavy (non-hydrogen) atoms. The fraction of sp³-hybridized carbons (Fsp3) is 0.400. The van der Waals surface area contributed by atoms with Crippen LogP contribution in [0, 0.1) is 0 Å². The summed E-state index contributed by atoms with van der Waals surface area (Å²) in [6.07, 6.45) is 0.776. The number of nitrogens with one attached hydrogen (secondary N) is 1. The van der Waals surface area contributed by atoms with Gasteiger partial charge in [0.1, 0.15) is 23.6 Å². The van der Waals surface area contributed by atoms with Gasteiger partial charge in [-0.25, -0.2) is 9.59 Å². The summed E-state index contributed by atoms with van der Waals surface area (Å²) in [6, 6.07) is 11.2. The van der Waals surface area contributed by atoms with Gasteiger partial charge in [-0.05, 0) is 54.7 Å². The molecule has 2 atom stereocenters. The van der Waals surface area contributed by atoms with Crippen LogP contribution in [0.2, 0.25) is 0 Å². The first-order chi connectivity index (χ1) is 16.7. The van der Waals surface area contributed by atoms with Crippen molar-refractivity contribution in [2.24, 2.45) is 5.73 Å². The minimum atomic E-state index is -1.28. The van der Waals surface area contributed by atoms with Crippen LogP contribution in [0.3, 0.4) is 0 Å². The lowest BCUT2D eigenvalue weighted by atomic mass is 10.1. The predicted octanol–water partition coefficient (Wildman–Crippen LogP) is 2.74. The van der Waals surface area contributed by atoms with Crippen molar-refractivity contribution in [1.29, 1.82) is 0 Å². The highest BCUT2D eigenvalue weighted by Crippen LogP contribution is 2.12. The lowest BCUT2D eigenvalue weighted by Gasteiger charge is -2.15. The summed E-state index contributed by atoms with van der Waals surface area (Å²) < 4.78 is 9.87. The topological polar surface area (TPSA) is 168 Å². The number of rotatable bonds is 11. The van der Waals surface area contributed by atoms with Gasteiger partial charge in [-0.15, -0.1) is 0 Å². The fourth-order valence-electron chi connectivity index (χ4n) is 2.79. The number of phenols is 2. The summed E-state index contributed by atoms with van der Waals surface area (Å²) in [5, 5.41) is 29.1. The molecule has 192 valence electrons. The Morgan fingerprint density at radius 1 is 0.800 bits per heavy atom. The molecule has 0 bridgehead atoms. The molecule has 2 aromatic rings. The Morgan fingerprint density at radius 2 is 1.23 bits per heavy atom. The number of aromatic hydroxyl groups is 2. The summed E-state index contributed by atoms with van der Waals surface area (Å²) in [5.41, 5.74) is 7.32. The summed E-state index contributed by atoms with van der Waals surface area (Å²) in [6.45, 7) is 4.44. The van der Waals surface area contributed by atoms with Crippen LogP contribution in [0.1, 0.15) is 37.8 Å². The second-order valence-corrected chi connectivity index (χ2v) is 7.68. The van der Waals surface area contributed by atoms with Crippen molar-refractivity contribution < 1.29 is 39.2 Å². The first kappa shape index (κ1) is 29.2. The van der Waals surface area contributed by atoms with Crippen LogP contribution in [0.4, 0.5) is 4.79 Å². The molecule has 0 aromatic heterocycles. The van der Waals surface area contributed by atoms with Gasteiger partial charge in [0.25, 0.3) is 0 Å². The lowest BCUT2D eigenvalue weighted by molar-refractivity contribution is -0.146. The molecule has 0 aliphatic carbocycles. The molecule has 1 amide bonds. The second-order valence-electron chi connectivity index (χ2n) is 7.68. The third-order valence-corrected chi connectivity index (χ3v) is 4.55. The first-order valence-corrected chi connectivity index (χ1v) is 11.3. The van der Waals surface area contributed by atoms with Crippen molar-refractivity contribution in [3.8, 4) is 11.5 Å². The van der Waals surface area contributed by atoms with Crippen molar-refractivity contribution in [1.82, 2.24) is 5.32 Å². The minimum Gasteiger partial charge on any atom is -0.508 e. The van der Waals surface area contributed by atoms with E-state index in [4.69, 9.17) is 30.5 Å². The molecule has 2 unspecified atom stereocenters. The van der Waals surface area contributed by atoms with E-state index in [1.54, 1.807) is 36.4 Å². The summed E-state index contributed by atoms with van der Waals surface area (Å²) >= 11 is 0. The number of hydrogen-bond acceptors (Lipinski definition) is 8. The number of hydrogen-bond donors (Lipinski definition) is 5. The maximum absolute atomic E-state index is 11.7. The quantitative estimate of drug-likeness (QED) is 0.297. The Kier molecular flexibility index (Phi) is 13.3. The van der Waals surface area contributed by atoms with Gasteiger partial charge >= 0.3 is 18.0 Å². The Morgan fingerprint density at radius 3 is 1.66 bits per heavy atom. The van der Waals surface area contributed by atoms with Crippen molar-refractivity contribution in [3.63, 3.8) is 0 Å². The molecular weight excluding hydrogens is 456 g/mol. The molecular formula is C25H34N2O8. The van der Waals surface area contributed by atoms with Gasteiger partial charge in [-0.1, -0.05) is 38.1 Å². The molecule has 0 radical (unpaired) electrons. The molecule has 0 saturated carbocycles. The second kappa shape index (κ2) is 15.9. The zero-order valence-corrected chi connectivity index (χ0v) is 20.0. The van der Waals surface area contributed by atoms with Crippen LogP contribution in [-0.4, -0.2) is 58.6 Å². The number of carbonyl (C=O) groups is 3. The summed E-state index contributed by atoms with van der Waals surface area (Å²) in [4.78, 5) is 33.8. The zero-order chi connectivity index (χ0) is 26.2. The van der Waals surface area contributed by atoms with Crippen LogP contribution < -0.4 is 11.1 Å². The number of carboxylic acid groups (broad SMARTS) is 1. The van der Waals surface area contributed by atoms with Gasteiger partial charge in [0.15, 0.2) is 0 Å². The zero-order valence-electron chi connectivity index (χ0n) is 20.0. The highest BCUT2D eigenvalue weighted by Gasteiger charge is 2.22. The van der Waals surface area contributed by atoms with Crippen LogP contribution in [-0.2, 0) is 31.9 Å². The van der Waals surface area contributed by atoms with Crippen molar-refractivity contribution in [3.05, 3.63) is 59.7 Å². The standard InChI is InChI=1S/C13H17NO5.C12H17NO3/c1-2-7-19-12(16)11(14-13(17)18)8-9-3-5-10(15)6-4-9;1-2-7-16-12(15)11(13)8-9-3-5-10(14)6-4-9/h3-6,11,14-15H,2,7-8H2,1H3,(H,17,18);3-6,11,14H,2,7-8,13H2,1H3. The van der Waals surface area contributed by atoms with Crippen molar-refractivity contribution >= 4 is 18.0 Å². The fourth-order valence-corrected chi connectivity index (χ4v) is 2.79. The molecule has 0 saturated heterocycles. The van der Waals surface area contributed by atoms with Gasteiger partial charge in [0.05, 0.1) is 13.2 Å². The summed E-state index contributed by atoms with van der Waals surface area (Å²) in [7, 11) is 0. The summed E-state index contributed by atoms with van der Waals surface area (Å²) in [5.74, 6) is -0.668. The van der Waals surface area contributed by atoms with Crippen LogP contribution in [0.15, 0.2) is 48.5 Å². The Labute approximate surface area is 204 Å².